The topological polar surface area (TPSA) is 0 Å². The van der Waals surface area contributed by atoms with E-state index in [1.165, 1.54) is 38.5 Å². The second-order valence-corrected chi connectivity index (χ2v) is 5.14. The van der Waals surface area contributed by atoms with Crippen molar-refractivity contribution in [3.63, 3.8) is 0 Å². The summed E-state index contributed by atoms with van der Waals surface area (Å²) in [6.45, 7) is 15.7. The molecule has 0 N–H and O–H groups in total. The van der Waals surface area contributed by atoms with Crippen LogP contribution in [-0.2, 0) is 0 Å². The molecule has 0 aliphatic heterocycles. The molecule has 0 fully saturated rings. The smallest absolute Gasteiger partial charge is 0.0354 e. The summed E-state index contributed by atoms with van der Waals surface area (Å²) < 4.78 is 0. The minimum Gasteiger partial charge on any atom is -0.0683 e. The van der Waals surface area contributed by atoms with Gasteiger partial charge in [-0.05, 0) is 17.8 Å². The largest absolute Gasteiger partial charge is 0.0683 e. The maximum atomic E-state index is 2.40. The molecule has 0 bridgehead atoms. The van der Waals surface area contributed by atoms with E-state index in [2.05, 4.69) is 34.6 Å². The normalized spacial score (nSPS) is 13.0. The molecule has 0 heterocycles. The zero-order valence-electron chi connectivity index (χ0n) is 12.3. The fourth-order valence-electron chi connectivity index (χ4n) is 1.87. The Balaban J connectivity index is 0. The van der Waals surface area contributed by atoms with Gasteiger partial charge in [-0.1, -0.05) is 80.6 Å². The third kappa shape index (κ3) is 10.3. The van der Waals surface area contributed by atoms with Gasteiger partial charge in [-0.25, -0.2) is 0 Å². The molecule has 0 amide bonds. The highest BCUT2D eigenvalue weighted by molar-refractivity contribution is 4.71. The lowest BCUT2D eigenvalue weighted by atomic mass is 9.78. The molecule has 1 atom stereocenters. The van der Waals surface area contributed by atoms with Gasteiger partial charge in [0.25, 0.3) is 0 Å². The van der Waals surface area contributed by atoms with E-state index in [1.807, 2.05) is 13.8 Å². The van der Waals surface area contributed by atoms with Gasteiger partial charge in [-0.3, -0.25) is 0 Å². The molecule has 0 aliphatic rings. The van der Waals surface area contributed by atoms with E-state index in [1.54, 1.807) is 0 Å². The first-order valence-electron chi connectivity index (χ1n) is 7.05. The zero-order valence-corrected chi connectivity index (χ0v) is 12.3. The Kier molecular flexibility index (Phi) is 12.2. The van der Waals surface area contributed by atoms with Crippen molar-refractivity contribution in [3.8, 4) is 0 Å². The third-order valence-electron chi connectivity index (χ3n) is 3.34. The van der Waals surface area contributed by atoms with Gasteiger partial charge in [0.1, 0.15) is 0 Å². The predicted molar refractivity (Wildman–Crippen MR) is 73.3 cm³/mol. The van der Waals surface area contributed by atoms with Crippen molar-refractivity contribution in [2.24, 2.45) is 11.3 Å². The van der Waals surface area contributed by atoms with Crippen LogP contribution < -0.4 is 0 Å². The first kappa shape index (κ1) is 17.4. The number of hydrogen-bond acceptors (Lipinski definition) is 0. The highest BCUT2D eigenvalue weighted by atomic mass is 14.2. The number of rotatable bonds is 7. The van der Waals surface area contributed by atoms with Gasteiger partial charge in [-0.2, -0.15) is 0 Å². The summed E-state index contributed by atoms with van der Waals surface area (Å²) in [5, 5.41) is 0. The molecule has 0 heteroatoms. The first-order valence-corrected chi connectivity index (χ1v) is 7.05. The van der Waals surface area contributed by atoms with E-state index in [9.17, 15) is 0 Å². The van der Waals surface area contributed by atoms with Gasteiger partial charge in [0.2, 0.25) is 0 Å². The summed E-state index contributed by atoms with van der Waals surface area (Å²) in [4.78, 5) is 0. The maximum Gasteiger partial charge on any atom is -0.0354 e. The van der Waals surface area contributed by atoms with Crippen LogP contribution in [0.25, 0.3) is 0 Å². The van der Waals surface area contributed by atoms with Crippen LogP contribution in [0.3, 0.4) is 0 Å². The lowest BCUT2D eigenvalue weighted by molar-refractivity contribution is 0.240. The second kappa shape index (κ2) is 10.5. The predicted octanol–water partition coefficient (Wildman–Crippen LogP) is 6.06. The summed E-state index contributed by atoms with van der Waals surface area (Å²) in [6, 6.07) is 0. The fourth-order valence-corrected chi connectivity index (χ4v) is 1.87. The van der Waals surface area contributed by atoms with Crippen LogP contribution in [0.4, 0.5) is 0 Å². The molecular weight excluding hydrogens is 180 g/mol. The van der Waals surface area contributed by atoms with E-state index in [-0.39, 0.29) is 0 Å². The molecular formula is C15H34. The molecule has 0 spiro atoms. The van der Waals surface area contributed by atoms with Crippen molar-refractivity contribution in [2.45, 2.75) is 87.0 Å². The zero-order chi connectivity index (χ0) is 12.3. The Morgan fingerprint density at radius 2 is 1.53 bits per heavy atom. The summed E-state index contributed by atoms with van der Waals surface area (Å²) in [5.41, 5.74) is 0.564. The van der Waals surface area contributed by atoms with Gasteiger partial charge in [-0.15, -0.1) is 0 Å². The average molecular weight is 214 g/mol. The summed E-state index contributed by atoms with van der Waals surface area (Å²) in [6.07, 6.45) is 8.30. The molecule has 0 aromatic heterocycles. The maximum absolute atomic E-state index is 2.40. The lowest BCUT2D eigenvalue weighted by Crippen LogP contribution is -2.15. The van der Waals surface area contributed by atoms with Gasteiger partial charge < -0.3 is 0 Å². The summed E-state index contributed by atoms with van der Waals surface area (Å²) in [5.74, 6) is 0.967. The molecule has 0 aliphatic carbocycles. The van der Waals surface area contributed by atoms with Gasteiger partial charge >= 0.3 is 0 Å². The van der Waals surface area contributed by atoms with Crippen molar-refractivity contribution in [3.05, 3.63) is 0 Å². The summed E-state index contributed by atoms with van der Waals surface area (Å²) in [7, 11) is 0. The third-order valence-corrected chi connectivity index (χ3v) is 3.34. The quantitative estimate of drug-likeness (QED) is 0.483. The van der Waals surface area contributed by atoms with Gasteiger partial charge in [0.05, 0.1) is 0 Å². The molecule has 0 radical (unpaired) electrons. The second-order valence-electron chi connectivity index (χ2n) is 5.14. The van der Waals surface area contributed by atoms with Crippen molar-refractivity contribution < 1.29 is 0 Å². The van der Waals surface area contributed by atoms with E-state index >= 15 is 0 Å². The monoisotopic (exact) mass is 214 g/mol. The highest BCUT2D eigenvalue weighted by Crippen LogP contribution is 2.32. The molecule has 0 aromatic rings. The first-order chi connectivity index (χ1) is 7.05. The minimum absolute atomic E-state index is 0.564. The van der Waals surface area contributed by atoms with E-state index < -0.39 is 0 Å². The average Bonchev–Trinajstić information content (AvgIpc) is 2.27. The molecule has 0 nitrogen and oxygen atoms in total. The Bertz CT molecular complexity index is 113. The molecule has 0 aromatic carbocycles. The molecule has 0 saturated heterocycles. The van der Waals surface area contributed by atoms with Crippen LogP contribution in [0.1, 0.15) is 87.0 Å². The molecule has 15 heavy (non-hydrogen) atoms. The SMILES string of the molecule is CC.CCCCC(CC)CC(C)(C)CC. The molecule has 0 saturated carbocycles. The van der Waals surface area contributed by atoms with Crippen LogP contribution in [0, 0.1) is 11.3 Å². The Labute approximate surface area is 98.9 Å². The van der Waals surface area contributed by atoms with Crippen LogP contribution in [-0.4, -0.2) is 0 Å². The van der Waals surface area contributed by atoms with E-state index in [4.69, 9.17) is 0 Å². The van der Waals surface area contributed by atoms with Crippen LogP contribution in [0.15, 0.2) is 0 Å². The minimum atomic E-state index is 0.564. The molecule has 0 rings (SSSR count). The lowest BCUT2D eigenvalue weighted by Gasteiger charge is -2.28. The fraction of sp³-hybridized carbons (Fsp3) is 1.00. The van der Waals surface area contributed by atoms with Gasteiger partial charge in [0, 0.05) is 0 Å². The van der Waals surface area contributed by atoms with Crippen molar-refractivity contribution >= 4 is 0 Å². The number of hydrogen-bond donors (Lipinski definition) is 0. The van der Waals surface area contributed by atoms with Crippen LogP contribution in [0.2, 0.25) is 0 Å². The standard InChI is InChI=1S/C13H28.C2H6/c1-6-9-10-12(7-2)11-13(4,5)8-3;1-2/h12H,6-11H2,1-5H3;1-2H3. The van der Waals surface area contributed by atoms with Crippen molar-refractivity contribution in [1.82, 2.24) is 0 Å². The van der Waals surface area contributed by atoms with Crippen molar-refractivity contribution in [2.75, 3.05) is 0 Å². The summed E-state index contributed by atoms with van der Waals surface area (Å²) >= 11 is 0. The number of unbranched alkanes of at least 4 members (excludes halogenated alkanes) is 1. The van der Waals surface area contributed by atoms with Crippen LogP contribution in [0.5, 0.6) is 0 Å². The van der Waals surface area contributed by atoms with E-state index in [0.717, 1.165) is 5.92 Å². The van der Waals surface area contributed by atoms with Gasteiger partial charge in [0.15, 0.2) is 0 Å². The van der Waals surface area contributed by atoms with Crippen molar-refractivity contribution in [1.29, 1.82) is 0 Å². The Morgan fingerprint density at radius 1 is 1.00 bits per heavy atom. The van der Waals surface area contributed by atoms with E-state index in [0.29, 0.717) is 5.41 Å². The van der Waals surface area contributed by atoms with Crippen LogP contribution >= 0.6 is 0 Å². The molecule has 94 valence electrons. The Morgan fingerprint density at radius 3 is 1.87 bits per heavy atom. The highest BCUT2D eigenvalue weighted by Gasteiger charge is 2.19. The Hall–Kier alpha value is 0. The molecule has 1 unspecified atom stereocenters.